The van der Waals surface area contributed by atoms with E-state index < -0.39 is 5.97 Å². The van der Waals surface area contributed by atoms with Crippen LogP contribution in [-0.2, 0) is 29.9 Å². The van der Waals surface area contributed by atoms with E-state index in [-0.39, 0.29) is 11.3 Å². The number of fused-ring (bicyclic) bond motifs is 3. The fraction of sp³-hybridized carbons (Fsp3) is 0.318. The van der Waals surface area contributed by atoms with Crippen molar-refractivity contribution in [3.05, 3.63) is 68.6 Å². The zero-order valence-electron chi connectivity index (χ0n) is 16.9. The molecule has 0 amide bonds. The summed E-state index contributed by atoms with van der Waals surface area (Å²) in [5, 5.41) is 1.35. The molecule has 0 radical (unpaired) electrons. The molecule has 0 saturated heterocycles. The van der Waals surface area contributed by atoms with E-state index in [1.165, 1.54) is 29.3 Å². The van der Waals surface area contributed by atoms with E-state index in [4.69, 9.17) is 13.8 Å². The van der Waals surface area contributed by atoms with Gasteiger partial charge in [-0.25, -0.2) is 9.78 Å². The second-order valence-electron chi connectivity index (χ2n) is 7.30. The Balaban J connectivity index is 1.53. The van der Waals surface area contributed by atoms with Crippen molar-refractivity contribution >= 4 is 39.3 Å². The zero-order chi connectivity index (χ0) is 21.4. The molecule has 4 aromatic heterocycles. The van der Waals surface area contributed by atoms with Crippen molar-refractivity contribution in [3.8, 4) is 0 Å². The molecule has 160 valence electrons. The molecular formula is C22H20N2O5S2. The standard InChI is InChI=1S/C22H20N2O5S2/c1-27-21(26)16-9-8-14(29-16)12-30-22-23-19-18(15-6-2-3-7-17(15)31-19)20(25)24(22)11-13-5-4-10-28-13/h4-5,8-10H,2-3,6-7,11-12H2,1H3. The molecule has 0 aromatic carbocycles. The van der Waals surface area contributed by atoms with E-state index in [1.807, 2.05) is 12.1 Å². The number of carbonyl (C=O) groups excluding carboxylic acids is 1. The predicted molar refractivity (Wildman–Crippen MR) is 118 cm³/mol. The van der Waals surface area contributed by atoms with Crippen LogP contribution in [0, 0.1) is 0 Å². The van der Waals surface area contributed by atoms with Crippen LogP contribution in [0.1, 0.15) is 45.4 Å². The summed E-state index contributed by atoms with van der Waals surface area (Å²) in [6.45, 7) is 0.313. The average molecular weight is 457 g/mol. The normalized spacial score (nSPS) is 13.5. The molecule has 0 atom stereocenters. The maximum absolute atomic E-state index is 13.5. The predicted octanol–water partition coefficient (Wildman–Crippen LogP) is 4.65. The fourth-order valence-electron chi connectivity index (χ4n) is 3.83. The van der Waals surface area contributed by atoms with E-state index >= 15 is 0 Å². The third-order valence-corrected chi connectivity index (χ3v) is 7.51. The van der Waals surface area contributed by atoms with Crippen molar-refractivity contribution in [2.75, 3.05) is 7.11 Å². The van der Waals surface area contributed by atoms with Crippen LogP contribution in [0.15, 0.2) is 49.3 Å². The van der Waals surface area contributed by atoms with E-state index in [0.717, 1.165) is 35.9 Å². The van der Waals surface area contributed by atoms with Crippen LogP contribution in [0.3, 0.4) is 0 Å². The molecule has 1 aliphatic rings. The molecule has 5 rings (SSSR count). The summed E-state index contributed by atoms with van der Waals surface area (Å²) in [7, 11) is 1.31. The van der Waals surface area contributed by atoms with Crippen molar-refractivity contribution in [1.29, 1.82) is 0 Å². The van der Waals surface area contributed by atoms with Crippen LogP contribution in [0.25, 0.3) is 10.2 Å². The third kappa shape index (κ3) is 3.83. The molecule has 9 heteroatoms. The fourth-order valence-corrected chi connectivity index (χ4v) is 6.02. The molecule has 4 heterocycles. The lowest BCUT2D eigenvalue weighted by molar-refractivity contribution is 0.0563. The van der Waals surface area contributed by atoms with Crippen molar-refractivity contribution in [3.63, 3.8) is 0 Å². The summed E-state index contributed by atoms with van der Waals surface area (Å²) in [4.78, 5) is 32.1. The van der Waals surface area contributed by atoms with Crippen LogP contribution < -0.4 is 5.56 Å². The molecule has 0 spiro atoms. The number of aryl methyl sites for hydroxylation is 2. The first kappa shape index (κ1) is 20.1. The number of ether oxygens (including phenoxy) is 1. The van der Waals surface area contributed by atoms with Crippen molar-refractivity contribution in [1.82, 2.24) is 9.55 Å². The summed E-state index contributed by atoms with van der Waals surface area (Å²) in [6, 6.07) is 6.98. The quantitative estimate of drug-likeness (QED) is 0.237. The van der Waals surface area contributed by atoms with E-state index in [9.17, 15) is 9.59 Å². The lowest BCUT2D eigenvalue weighted by Gasteiger charge is -2.12. The number of aromatic nitrogens is 2. The monoisotopic (exact) mass is 456 g/mol. The molecule has 0 fully saturated rings. The van der Waals surface area contributed by atoms with Crippen LogP contribution >= 0.6 is 23.1 Å². The maximum atomic E-state index is 13.5. The van der Waals surface area contributed by atoms with Gasteiger partial charge in [0.25, 0.3) is 5.56 Å². The van der Waals surface area contributed by atoms with Gasteiger partial charge >= 0.3 is 5.97 Å². The number of hydrogen-bond acceptors (Lipinski definition) is 8. The average Bonchev–Trinajstić information content (AvgIpc) is 3.53. The number of furan rings is 2. The lowest BCUT2D eigenvalue weighted by Crippen LogP contribution is -2.24. The smallest absolute Gasteiger partial charge is 0.373 e. The number of thiophene rings is 1. The maximum Gasteiger partial charge on any atom is 0.373 e. The first-order chi connectivity index (χ1) is 15.1. The van der Waals surface area contributed by atoms with Gasteiger partial charge in [-0.3, -0.25) is 9.36 Å². The van der Waals surface area contributed by atoms with Gasteiger partial charge in [0.15, 0.2) is 5.16 Å². The SMILES string of the molecule is COC(=O)c1ccc(CSc2nc3sc4c(c3c(=O)n2Cc2ccco2)CCCC4)o1. The topological polar surface area (TPSA) is 87.5 Å². The lowest BCUT2D eigenvalue weighted by atomic mass is 9.97. The summed E-state index contributed by atoms with van der Waals surface area (Å²) in [5.41, 5.74) is 1.14. The Bertz CT molecular complexity index is 1300. The van der Waals surface area contributed by atoms with Crippen LogP contribution in [0.4, 0.5) is 0 Å². The second kappa shape index (κ2) is 8.39. The number of carbonyl (C=O) groups is 1. The highest BCUT2D eigenvalue weighted by Crippen LogP contribution is 2.35. The molecule has 0 bridgehead atoms. The number of esters is 1. The minimum atomic E-state index is -0.519. The Labute approximate surface area is 186 Å². The van der Waals surface area contributed by atoms with Gasteiger partial charge < -0.3 is 13.6 Å². The Kier molecular flexibility index (Phi) is 5.45. The Hall–Kier alpha value is -2.78. The molecule has 7 nitrogen and oxygen atoms in total. The molecule has 31 heavy (non-hydrogen) atoms. The molecule has 0 unspecified atom stereocenters. The van der Waals surface area contributed by atoms with Gasteiger partial charge in [-0.15, -0.1) is 11.3 Å². The highest BCUT2D eigenvalue weighted by molar-refractivity contribution is 7.98. The van der Waals surface area contributed by atoms with E-state index in [1.54, 1.807) is 34.3 Å². The van der Waals surface area contributed by atoms with Crippen molar-refractivity contribution in [2.45, 2.75) is 43.1 Å². The summed E-state index contributed by atoms with van der Waals surface area (Å²) >= 11 is 3.03. The van der Waals surface area contributed by atoms with E-state index in [0.29, 0.717) is 29.0 Å². The zero-order valence-corrected chi connectivity index (χ0v) is 18.5. The van der Waals surface area contributed by atoms with Gasteiger partial charge in [-0.05, 0) is 55.5 Å². The van der Waals surface area contributed by atoms with Crippen LogP contribution in [0.5, 0.6) is 0 Å². The van der Waals surface area contributed by atoms with Gasteiger partial charge in [-0.2, -0.15) is 0 Å². The summed E-state index contributed by atoms with van der Waals surface area (Å²) in [6.07, 6.45) is 5.81. The first-order valence-electron chi connectivity index (χ1n) is 10.0. The van der Waals surface area contributed by atoms with E-state index in [2.05, 4.69) is 4.74 Å². The molecule has 0 saturated carbocycles. The van der Waals surface area contributed by atoms with Gasteiger partial charge in [0.2, 0.25) is 5.76 Å². The van der Waals surface area contributed by atoms with Crippen LogP contribution in [0.2, 0.25) is 0 Å². The number of hydrogen-bond donors (Lipinski definition) is 0. The highest BCUT2D eigenvalue weighted by atomic mass is 32.2. The molecule has 0 N–H and O–H groups in total. The van der Waals surface area contributed by atoms with Crippen LogP contribution in [-0.4, -0.2) is 22.6 Å². The van der Waals surface area contributed by atoms with Gasteiger partial charge in [-0.1, -0.05) is 11.8 Å². The third-order valence-electron chi connectivity index (χ3n) is 5.33. The van der Waals surface area contributed by atoms with Gasteiger partial charge in [0, 0.05) is 4.88 Å². The summed E-state index contributed by atoms with van der Waals surface area (Å²) < 4.78 is 17.4. The first-order valence-corrected chi connectivity index (χ1v) is 11.8. The molecular weight excluding hydrogens is 436 g/mol. The number of nitrogens with zero attached hydrogens (tertiary/aromatic N) is 2. The Morgan fingerprint density at radius 2 is 2.13 bits per heavy atom. The molecule has 0 aliphatic heterocycles. The van der Waals surface area contributed by atoms with Gasteiger partial charge in [0.1, 0.15) is 16.4 Å². The number of methoxy groups -OCH3 is 1. The Morgan fingerprint density at radius 1 is 1.26 bits per heavy atom. The molecule has 1 aliphatic carbocycles. The van der Waals surface area contributed by atoms with Crippen molar-refractivity contribution < 1.29 is 18.4 Å². The Morgan fingerprint density at radius 3 is 2.94 bits per heavy atom. The number of rotatable bonds is 6. The minimum absolute atomic E-state index is 0.0296. The largest absolute Gasteiger partial charge is 0.467 e. The van der Waals surface area contributed by atoms with Crippen molar-refractivity contribution in [2.24, 2.45) is 0 Å². The summed E-state index contributed by atoms with van der Waals surface area (Å²) in [5.74, 6) is 1.36. The second-order valence-corrected chi connectivity index (χ2v) is 9.33. The van der Waals surface area contributed by atoms with Gasteiger partial charge in [0.05, 0.1) is 31.1 Å². The highest BCUT2D eigenvalue weighted by Gasteiger charge is 2.23. The minimum Gasteiger partial charge on any atom is -0.467 e. The molecule has 4 aromatic rings. The number of thioether (sulfide) groups is 1.